The Kier molecular flexibility index (Phi) is 5.82. The summed E-state index contributed by atoms with van der Waals surface area (Å²) in [6.45, 7) is 3.95. The Bertz CT molecular complexity index is 1090. The second kappa shape index (κ2) is 8.98. The number of hydrogen-bond acceptors (Lipinski definition) is 6. The fraction of sp³-hybridized carbons (Fsp3) is 0.536. The SMILES string of the molecule is O[C@@H]1CN(c2ccc(C#C[C@@]3(O)CN4CCC3CC4)c(Cc3ccccc3)n2)C[C@H]1OC1CC1. The van der Waals surface area contributed by atoms with Crippen molar-refractivity contribution in [3.63, 3.8) is 0 Å². The number of benzene rings is 1. The Morgan fingerprint density at radius 3 is 2.53 bits per heavy atom. The molecule has 1 aromatic heterocycles. The van der Waals surface area contributed by atoms with Gasteiger partial charge in [0.2, 0.25) is 0 Å². The summed E-state index contributed by atoms with van der Waals surface area (Å²) in [6, 6.07) is 14.3. The van der Waals surface area contributed by atoms with Crippen LogP contribution in [0.4, 0.5) is 5.82 Å². The molecular formula is C28H33N3O3. The van der Waals surface area contributed by atoms with Crippen LogP contribution in [0.5, 0.6) is 0 Å². The van der Waals surface area contributed by atoms with Crippen LogP contribution in [0.15, 0.2) is 42.5 Å². The number of aromatic nitrogens is 1. The van der Waals surface area contributed by atoms with Crippen molar-refractivity contribution in [2.24, 2.45) is 5.92 Å². The first kappa shape index (κ1) is 22.1. The molecule has 2 bridgehead atoms. The zero-order valence-corrected chi connectivity index (χ0v) is 19.6. The topological polar surface area (TPSA) is 69.1 Å². The summed E-state index contributed by atoms with van der Waals surface area (Å²) < 4.78 is 6.00. The lowest BCUT2D eigenvalue weighted by Gasteiger charge is -2.47. The molecule has 2 aromatic rings. The Morgan fingerprint density at radius 2 is 1.82 bits per heavy atom. The molecule has 0 radical (unpaired) electrons. The molecule has 6 heteroatoms. The highest BCUT2D eigenvalue weighted by molar-refractivity contribution is 5.50. The van der Waals surface area contributed by atoms with Gasteiger partial charge in [-0.25, -0.2) is 4.98 Å². The van der Waals surface area contributed by atoms with E-state index in [9.17, 15) is 10.2 Å². The van der Waals surface area contributed by atoms with Gasteiger partial charge < -0.3 is 19.8 Å². The summed E-state index contributed by atoms with van der Waals surface area (Å²) in [7, 11) is 0. The summed E-state index contributed by atoms with van der Waals surface area (Å²) in [6.07, 6.45) is 4.56. The lowest BCUT2D eigenvalue weighted by molar-refractivity contribution is -0.0713. The molecule has 1 saturated carbocycles. The number of aliphatic hydroxyl groups is 2. The summed E-state index contributed by atoms with van der Waals surface area (Å²) in [5.74, 6) is 7.67. The molecule has 5 aliphatic rings. The summed E-state index contributed by atoms with van der Waals surface area (Å²) in [4.78, 5) is 9.45. The van der Waals surface area contributed by atoms with Crippen molar-refractivity contribution in [1.82, 2.24) is 9.88 Å². The number of aliphatic hydroxyl groups excluding tert-OH is 1. The van der Waals surface area contributed by atoms with Gasteiger partial charge in [0, 0.05) is 37.5 Å². The average Bonchev–Trinajstić information content (AvgIpc) is 3.60. The highest BCUT2D eigenvalue weighted by Crippen LogP contribution is 2.35. The molecule has 1 aliphatic carbocycles. The van der Waals surface area contributed by atoms with Crippen LogP contribution in [0, 0.1) is 17.8 Å². The standard InChI is InChI=1S/C28H33N3O3/c32-25-17-31(18-26(25)34-23-7-8-23)27-9-6-21(24(29-27)16-20-4-2-1-3-5-20)10-13-28(33)19-30-14-11-22(28)12-15-30/h1-6,9,22-23,25-26,32-33H,7-8,11-12,14-19H2/t25-,26-,28-/m1/s1. The first-order valence-corrected chi connectivity index (χ1v) is 12.7. The van der Waals surface area contributed by atoms with Crippen LogP contribution >= 0.6 is 0 Å². The molecule has 4 aliphatic heterocycles. The predicted molar refractivity (Wildman–Crippen MR) is 131 cm³/mol. The fourth-order valence-electron chi connectivity index (χ4n) is 5.59. The number of pyridine rings is 1. The summed E-state index contributed by atoms with van der Waals surface area (Å²) in [5.41, 5.74) is 2.00. The Morgan fingerprint density at radius 1 is 1.03 bits per heavy atom. The van der Waals surface area contributed by atoms with Gasteiger partial charge in [-0.15, -0.1) is 0 Å². The van der Waals surface area contributed by atoms with Crippen LogP contribution in [0.2, 0.25) is 0 Å². The number of fused-ring (bicyclic) bond motifs is 3. The molecule has 34 heavy (non-hydrogen) atoms. The normalized spacial score (nSPS) is 32.5. The van der Waals surface area contributed by atoms with Crippen molar-refractivity contribution in [2.75, 3.05) is 37.6 Å². The van der Waals surface area contributed by atoms with E-state index in [1.807, 2.05) is 30.3 Å². The van der Waals surface area contributed by atoms with E-state index >= 15 is 0 Å². The third kappa shape index (κ3) is 4.58. The van der Waals surface area contributed by atoms with Crippen molar-refractivity contribution >= 4 is 5.82 Å². The second-order valence-electron chi connectivity index (χ2n) is 10.4. The predicted octanol–water partition coefficient (Wildman–Crippen LogP) is 2.21. The number of hydrogen-bond donors (Lipinski definition) is 2. The molecule has 3 atom stereocenters. The minimum atomic E-state index is -0.939. The van der Waals surface area contributed by atoms with Gasteiger partial charge in [-0.2, -0.15) is 0 Å². The number of anilines is 1. The van der Waals surface area contributed by atoms with E-state index in [1.54, 1.807) is 0 Å². The van der Waals surface area contributed by atoms with Crippen LogP contribution < -0.4 is 4.90 Å². The molecule has 5 fully saturated rings. The third-order valence-electron chi connectivity index (χ3n) is 7.77. The molecule has 178 valence electrons. The Hall–Kier alpha value is -2.43. The molecule has 0 spiro atoms. The third-order valence-corrected chi connectivity index (χ3v) is 7.77. The van der Waals surface area contributed by atoms with E-state index in [-0.39, 0.29) is 12.0 Å². The monoisotopic (exact) mass is 459 g/mol. The zero-order valence-electron chi connectivity index (χ0n) is 19.6. The van der Waals surface area contributed by atoms with Crippen molar-refractivity contribution < 1.29 is 14.9 Å². The highest BCUT2D eigenvalue weighted by atomic mass is 16.5. The van der Waals surface area contributed by atoms with Crippen LogP contribution in [0.25, 0.3) is 0 Å². The van der Waals surface area contributed by atoms with Gasteiger partial charge in [-0.3, -0.25) is 4.90 Å². The van der Waals surface area contributed by atoms with Crippen LogP contribution in [-0.2, 0) is 11.2 Å². The van der Waals surface area contributed by atoms with E-state index in [1.165, 1.54) is 5.56 Å². The first-order valence-electron chi connectivity index (χ1n) is 12.7. The van der Waals surface area contributed by atoms with Crippen molar-refractivity contribution in [2.45, 2.75) is 56.0 Å². The second-order valence-corrected chi connectivity index (χ2v) is 10.4. The van der Waals surface area contributed by atoms with Crippen molar-refractivity contribution in [3.05, 3.63) is 59.3 Å². The minimum Gasteiger partial charge on any atom is -0.388 e. The maximum atomic E-state index is 11.3. The molecule has 4 saturated heterocycles. The van der Waals surface area contributed by atoms with E-state index < -0.39 is 11.7 Å². The molecule has 5 heterocycles. The van der Waals surface area contributed by atoms with Gasteiger partial charge in [0.25, 0.3) is 0 Å². The van der Waals surface area contributed by atoms with E-state index in [2.05, 4.69) is 33.8 Å². The van der Waals surface area contributed by atoms with Gasteiger partial charge in [-0.1, -0.05) is 42.2 Å². The number of nitrogens with zero attached hydrogens (tertiary/aromatic N) is 3. The van der Waals surface area contributed by atoms with Crippen molar-refractivity contribution in [1.29, 1.82) is 0 Å². The van der Waals surface area contributed by atoms with Gasteiger partial charge in [0.1, 0.15) is 17.5 Å². The maximum absolute atomic E-state index is 11.3. The lowest BCUT2D eigenvalue weighted by atomic mass is 9.75. The summed E-state index contributed by atoms with van der Waals surface area (Å²) in [5, 5.41) is 21.8. The largest absolute Gasteiger partial charge is 0.388 e. The number of ether oxygens (including phenoxy) is 1. The smallest absolute Gasteiger partial charge is 0.141 e. The maximum Gasteiger partial charge on any atom is 0.141 e. The lowest BCUT2D eigenvalue weighted by Crippen LogP contribution is -2.58. The first-order chi connectivity index (χ1) is 16.6. The van der Waals surface area contributed by atoms with E-state index in [0.717, 1.165) is 55.8 Å². The summed E-state index contributed by atoms with van der Waals surface area (Å²) >= 11 is 0. The number of rotatable bonds is 5. The minimum absolute atomic E-state index is 0.155. The Labute approximate surface area is 201 Å². The van der Waals surface area contributed by atoms with Gasteiger partial charge in [0.05, 0.1) is 17.9 Å². The van der Waals surface area contributed by atoms with Gasteiger partial charge in [-0.05, 0) is 56.5 Å². The molecular weight excluding hydrogens is 426 g/mol. The van der Waals surface area contributed by atoms with Crippen LogP contribution in [-0.4, -0.2) is 76.7 Å². The van der Waals surface area contributed by atoms with Crippen LogP contribution in [0.1, 0.15) is 42.5 Å². The molecule has 0 unspecified atom stereocenters. The molecule has 6 nitrogen and oxygen atoms in total. The quantitative estimate of drug-likeness (QED) is 0.669. The van der Waals surface area contributed by atoms with Crippen LogP contribution in [0.3, 0.4) is 0 Å². The molecule has 7 rings (SSSR count). The Balaban J connectivity index is 1.28. The van der Waals surface area contributed by atoms with E-state index in [4.69, 9.17) is 9.72 Å². The van der Waals surface area contributed by atoms with Gasteiger partial charge >= 0.3 is 0 Å². The average molecular weight is 460 g/mol. The molecule has 2 N–H and O–H groups in total. The zero-order chi connectivity index (χ0) is 23.1. The molecule has 0 amide bonds. The van der Waals surface area contributed by atoms with Gasteiger partial charge in [0.15, 0.2) is 0 Å². The van der Waals surface area contributed by atoms with Crippen molar-refractivity contribution in [3.8, 4) is 11.8 Å². The fourth-order valence-corrected chi connectivity index (χ4v) is 5.59. The van der Waals surface area contributed by atoms with E-state index in [0.29, 0.717) is 32.2 Å². The number of β-amino-alcohol motifs (C(OH)–C–C–N with tert-alkyl or cyclic N) is 1. The number of piperidine rings is 3. The molecule has 1 aromatic carbocycles. The highest BCUT2D eigenvalue weighted by Gasteiger charge is 2.44.